The molecule has 1 aliphatic heterocycles. The third kappa shape index (κ3) is 6.15. The Kier molecular flexibility index (Phi) is 9.63. The zero-order valence-corrected chi connectivity index (χ0v) is 20.8. The van der Waals surface area contributed by atoms with Crippen molar-refractivity contribution >= 4 is 34.4 Å². The number of amides is 1. The van der Waals surface area contributed by atoms with Crippen LogP contribution in [0.4, 0.5) is 5.69 Å². The van der Waals surface area contributed by atoms with Crippen LogP contribution in [0.15, 0.2) is 35.7 Å². The minimum Gasteiger partial charge on any atom is -0.510 e. The normalized spacial score (nSPS) is 16.5. The molecule has 0 bridgehead atoms. The highest BCUT2D eigenvalue weighted by Crippen LogP contribution is 2.35. The Hall–Kier alpha value is -2.92. The van der Waals surface area contributed by atoms with Gasteiger partial charge in [0, 0.05) is 31.2 Å². The number of hydrogen-bond donors (Lipinski definition) is 1. The summed E-state index contributed by atoms with van der Waals surface area (Å²) in [6.07, 6.45) is -0.0333. The van der Waals surface area contributed by atoms with Gasteiger partial charge in [0.2, 0.25) is 5.91 Å². The summed E-state index contributed by atoms with van der Waals surface area (Å²) < 4.78 is 5.97. The molecule has 1 fully saturated rings. The van der Waals surface area contributed by atoms with Gasteiger partial charge in [0.1, 0.15) is 18.8 Å². The molecular weight excluding hydrogens is 462 g/mol. The van der Waals surface area contributed by atoms with E-state index in [1.807, 2.05) is 20.8 Å². The number of esters is 1. The van der Waals surface area contributed by atoms with Gasteiger partial charge in [0.15, 0.2) is 17.0 Å². The van der Waals surface area contributed by atoms with Crippen molar-refractivity contribution < 1.29 is 33.6 Å². The molecule has 0 spiro atoms. The first-order valence-corrected chi connectivity index (χ1v) is 12.2. The summed E-state index contributed by atoms with van der Waals surface area (Å²) in [6, 6.07) is 5.56. The van der Waals surface area contributed by atoms with E-state index in [1.165, 1.54) is 36.1 Å². The van der Waals surface area contributed by atoms with E-state index in [0.29, 0.717) is 10.0 Å². The van der Waals surface area contributed by atoms with Gasteiger partial charge in [-0.3, -0.25) is 24.6 Å². The predicted octanol–water partition coefficient (Wildman–Crippen LogP) is 3.51. The summed E-state index contributed by atoms with van der Waals surface area (Å²) >= 11 is 1.01. The highest BCUT2D eigenvalue weighted by atomic mass is 32.2. The van der Waals surface area contributed by atoms with Crippen LogP contribution in [0.25, 0.3) is 0 Å². The van der Waals surface area contributed by atoms with Crippen molar-refractivity contribution in [3.05, 3.63) is 51.4 Å². The average molecular weight is 495 g/mol. The fraction of sp³-hybridized carbons (Fsp3) is 0.522. The molecule has 0 aromatic heterocycles. The lowest BCUT2D eigenvalue weighted by Crippen LogP contribution is -2.70. The van der Waals surface area contributed by atoms with Crippen molar-refractivity contribution in [2.75, 3.05) is 25.4 Å². The summed E-state index contributed by atoms with van der Waals surface area (Å²) in [7, 11) is 0. The molecule has 1 heterocycles. The number of aliphatic hydroxyl groups is 1. The second kappa shape index (κ2) is 12.0. The zero-order chi connectivity index (χ0) is 25.5. The van der Waals surface area contributed by atoms with Crippen molar-refractivity contribution in [1.29, 1.82) is 0 Å². The second-order valence-corrected chi connectivity index (χ2v) is 9.27. The largest absolute Gasteiger partial charge is 0.510 e. The number of nitro groups is 1. The van der Waals surface area contributed by atoms with E-state index in [0.717, 1.165) is 31.4 Å². The number of rotatable bonds is 12. The summed E-state index contributed by atoms with van der Waals surface area (Å²) in [6.45, 7) is 9.52. The quantitative estimate of drug-likeness (QED) is 0.0889. The fourth-order valence-corrected chi connectivity index (χ4v) is 4.69. The first-order chi connectivity index (χ1) is 16.1. The van der Waals surface area contributed by atoms with Crippen molar-refractivity contribution in [3.63, 3.8) is 0 Å². The fourth-order valence-electron chi connectivity index (χ4n) is 4.11. The number of aliphatic hydroxyl groups excluding tert-OH is 1. The first kappa shape index (κ1) is 27.3. The van der Waals surface area contributed by atoms with Crippen LogP contribution in [0.5, 0.6) is 0 Å². The molecule has 0 radical (unpaired) electrons. The Labute approximate surface area is 203 Å². The number of nitrogens with zero attached hydrogens (tertiary/aromatic N) is 3. The Balaban J connectivity index is 2.31. The third-order valence-electron chi connectivity index (χ3n) is 6.31. The number of non-ortho nitro benzene ring substituents is 1. The minimum atomic E-state index is -0.858. The molecule has 1 N–H and O–H groups in total. The molecule has 186 valence electrons. The lowest BCUT2D eigenvalue weighted by molar-refractivity contribution is -0.958. The summed E-state index contributed by atoms with van der Waals surface area (Å²) in [4.78, 5) is 48.7. The number of quaternary nitrogens is 1. The van der Waals surface area contributed by atoms with Gasteiger partial charge in [0.25, 0.3) is 5.69 Å². The molecule has 2 rings (SSSR count). The molecule has 1 aromatic rings. The van der Waals surface area contributed by atoms with E-state index in [-0.39, 0.29) is 59.5 Å². The van der Waals surface area contributed by atoms with Crippen molar-refractivity contribution in [3.8, 4) is 0 Å². The predicted molar refractivity (Wildman–Crippen MR) is 127 cm³/mol. The molecule has 1 aromatic carbocycles. The van der Waals surface area contributed by atoms with Gasteiger partial charge < -0.3 is 14.3 Å². The number of benzene rings is 1. The first-order valence-electron chi connectivity index (χ1n) is 11.2. The Morgan fingerprint density at radius 3 is 2.26 bits per heavy atom. The number of allylic oxidation sites excluding steroid dienone is 1. The smallest absolute Gasteiger partial charge is 0.359 e. The molecule has 0 saturated carbocycles. The van der Waals surface area contributed by atoms with Crippen LogP contribution in [0.3, 0.4) is 0 Å². The van der Waals surface area contributed by atoms with Gasteiger partial charge in [-0.1, -0.05) is 11.8 Å². The zero-order valence-electron chi connectivity index (χ0n) is 20.0. The van der Waals surface area contributed by atoms with Crippen LogP contribution >= 0.6 is 11.8 Å². The van der Waals surface area contributed by atoms with Gasteiger partial charge in [-0.2, -0.15) is 0 Å². The van der Waals surface area contributed by atoms with Gasteiger partial charge >= 0.3 is 5.97 Å². The minimum absolute atomic E-state index is 0.0209. The van der Waals surface area contributed by atoms with Gasteiger partial charge in [-0.15, -0.1) is 0 Å². The van der Waals surface area contributed by atoms with E-state index in [9.17, 15) is 29.6 Å². The van der Waals surface area contributed by atoms with Crippen LogP contribution in [0.1, 0.15) is 46.1 Å². The van der Waals surface area contributed by atoms with Crippen molar-refractivity contribution in [2.24, 2.45) is 0 Å². The van der Waals surface area contributed by atoms with Crippen LogP contribution < -0.4 is 0 Å². The molecular formula is C23H32N3O7S+. The van der Waals surface area contributed by atoms with Gasteiger partial charge in [-0.25, -0.2) is 4.79 Å². The molecule has 1 aliphatic rings. The lowest BCUT2D eigenvalue weighted by atomic mass is 10.0. The van der Waals surface area contributed by atoms with E-state index >= 15 is 0 Å². The topological polar surface area (TPSA) is 127 Å². The summed E-state index contributed by atoms with van der Waals surface area (Å²) in [5.74, 6) is -1.19. The third-order valence-corrected chi connectivity index (χ3v) is 7.13. The van der Waals surface area contributed by atoms with Crippen LogP contribution in [0, 0.1) is 10.1 Å². The maximum Gasteiger partial charge on any atom is 0.359 e. The molecule has 1 amide bonds. The molecule has 0 aliphatic carbocycles. The SMILES string of the molecule is CC[N+](CC)(CC)C1CC(=O)N1/C(C(=O)OCc1ccc([N+](=O)[O-])cc1)=C(/O)CCSC(C)=O. The Morgan fingerprint density at radius 1 is 1.21 bits per heavy atom. The Bertz CT molecular complexity index is 950. The van der Waals surface area contributed by atoms with Gasteiger partial charge in [-0.05, 0) is 38.5 Å². The standard InChI is InChI=1S/C23H31N3O7S/c1-5-26(6-2,7-3)20-14-21(29)24(20)22(19(28)12-13-34-16(4)27)23(30)33-15-17-8-10-18(11-9-17)25(31)32/h8-11,20H,5-7,12-15H2,1-4H3/p+1. The number of carbonyl (C=O) groups excluding carboxylic acids is 3. The number of β-lactam (4-membered cyclic amide) rings is 1. The molecule has 34 heavy (non-hydrogen) atoms. The molecule has 1 atom stereocenters. The maximum atomic E-state index is 13.1. The second-order valence-electron chi connectivity index (χ2n) is 8.00. The number of nitro benzene ring substituents is 1. The number of likely N-dealkylation sites (tertiary alicyclic amines) is 1. The van der Waals surface area contributed by atoms with Crippen LogP contribution in [-0.2, 0) is 25.7 Å². The highest BCUT2D eigenvalue weighted by molar-refractivity contribution is 8.13. The monoisotopic (exact) mass is 494 g/mol. The Morgan fingerprint density at radius 2 is 1.79 bits per heavy atom. The number of carbonyl (C=O) groups is 3. The van der Waals surface area contributed by atoms with E-state index in [1.54, 1.807) is 0 Å². The number of hydrogen-bond acceptors (Lipinski definition) is 8. The molecule has 10 nitrogen and oxygen atoms in total. The summed E-state index contributed by atoms with van der Waals surface area (Å²) in [5, 5.41) is 21.5. The number of thioether (sulfide) groups is 1. The average Bonchev–Trinajstić information content (AvgIpc) is 2.81. The number of ether oxygens (including phenoxy) is 1. The van der Waals surface area contributed by atoms with E-state index in [4.69, 9.17) is 4.74 Å². The van der Waals surface area contributed by atoms with E-state index in [2.05, 4.69) is 0 Å². The van der Waals surface area contributed by atoms with Gasteiger partial charge in [0.05, 0.1) is 24.6 Å². The summed E-state index contributed by atoms with van der Waals surface area (Å²) in [5.41, 5.74) is 0.237. The molecule has 11 heteroatoms. The lowest BCUT2D eigenvalue weighted by Gasteiger charge is -2.52. The maximum absolute atomic E-state index is 13.1. The van der Waals surface area contributed by atoms with Crippen LogP contribution in [0.2, 0.25) is 0 Å². The molecule has 1 unspecified atom stereocenters. The van der Waals surface area contributed by atoms with Crippen molar-refractivity contribution in [1.82, 2.24) is 4.90 Å². The van der Waals surface area contributed by atoms with Crippen LogP contribution in [-0.4, -0.2) is 68.0 Å². The molecule has 1 saturated heterocycles. The van der Waals surface area contributed by atoms with E-state index < -0.39 is 10.9 Å². The highest BCUT2D eigenvalue weighted by Gasteiger charge is 2.52. The van der Waals surface area contributed by atoms with Crippen molar-refractivity contribution in [2.45, 2.75) is 53.3 Å².